The molecule has 0 saturated carbocycles. The van der Waals surface area contributed by atoms with Crippen molar-refractivity contribution in [3.63, 3.8) is 0 Å². The highest BCUT2D eigenvalue weighted by atomic mass is 14.2. The summed E-state index contributed by atoms with van der Waals surface area (Å²) in [7, 11) is 0. The number of allylic oxidation sites excluding steroid dienone is 1. The SMILES string of the molecule is C=C(C)CCCCCCCCC(C)C(C)CCCCCCCCC. The molecule has 0 aromatic rings. The predicted octanol–water partition coefficient (Wildman–Crippen LogP) is 9.10. The van der Waals surface area contributed by atoms with Gasteiger partial charge in [0.25, 0.3) is 0 Å². The highest BCUT2D eigenvalue weighted by molar-refractivity contribution is 4.86. The fourth-order valence-electron chi connectivity index (χ4n) is 3.59. The summed E-state index contributed by atoms with van der Waals surface area (Å²) in [5.74, 6) is 1.85. The van der Waals surface area contributed by atoms with Crippen molar-refractivity contribution < 1.29 is 0 Å². The Hall–Kier alpha value is -0.260. The summed E-state index contributed by atoms with van der Waals surface area (Å²) in [6, 6.07) is 0. The summed E-state index contributed by atoms with van der Waals surface area (Å²) in [5, 5.41) is 0. The second-order valence-corrected chi connectivity index (χ2v) is 8.48. The summed E-state index contributed by atoms with van der Waals surface area (Å²) in [6.07, 6.45) is 22.7. The first kappa shape index (κ1) is 23.7. The molecule has 0 aliphatic heterocycles. The van der Waals surface area contributed by atoms with Gasteiger partial charge in [0.05, 0.1) is 0 Å². The van der Waals surface area contributed by atoms with Crippen molar-refractivity contribution in [1.82, 2.24) is 0 Å². The average molecular weight is 337 g/mol. The molecule has 0 aliphatic carbocycles. The van der Waals surface area contributed by atoms with Gasteiger partial charge in [-0.25, -0.2) is 0 Å². The fourth-order valence-corrected chi connectivity index (χ4v) is 3.59. The van der Waals surface area contributed by atoms with Gasteiger partial charge >= 0.3 is 0 Å². The lowest BCUT2D eigenvalue weighted by Gasteiger charge is -2.19. The van der Waals surface area contributed by atoms with Gasteiger partial charge in [-0.2, -0.15) is 0 Å². The minimum Gasteiger partial charge on any atom is -0.100 e. The second-order valence-electron chi connectivity index (χ2n) is 8.48. The van der Waals surface area contributed by atoms with Crippen LogP contribution >= 0.6 is 0 Å². The van der Waals surface area contributed by atoms with Crippen LogP contribution in [0.4, 0.5) is 0 Å². The van der Waals surface area contributed by atoms with E-state index in [4.69, 9.17) is 0 Å². The van der Waals surface area contributed by atoms with Gasteiger partial charge in [-0.15, -0.1) is 6.58 Å². The number of rotatable bonds is 18. The van der Waals surface area contributed by atoms with Crippen molar-refractivity contribution in [2.75, 3.05) is 0 Å². The maximum absolute atomic E-state index is 3.98. The molecule has 0 rings (SSSR count). The van der Waals surface area contributed by atoms with Gasteiger partial charge in [-0.05, 0) is 31.6 Å². The summed E-state index contributed by atoms with van der Waals surface area (Å²) in [4.78, 5) is 0. The van der Waals surface area contributed by atoms with Gasteiger partial charge in [0.2, 0.25) is 0 Å². The topological polar surface area (TPSA) is 0 Å². The van der Waals surface area contributed by atoms with Crippen LogP contribution in [0.15, 0.2) is 12.2 Å². The van der Waals surface area contributed by atoms with E-state index in [0.29, 0.717) is 0 Å². The molecule has 144 valence electrons. The van der Waals surface area contributed by atoms with Gasteiger partial charge in [0.15, 0.2) is 0 Å². The fraction of sp³-hybridized carbons (Fsp3) is 0.917. The Kier molecular flexibility index (Phi) is 17.4. The van der Waals surface area contributed by atoms with E-state index in [9.17, 15) is 0 Å². The highest BCUT2D eigenvalue weighted by Gasteiger charge is 2.11. The molecular formula is C24H48. The first-order valence-electron chi connectivity index (χ1n) is 11.2. The standard InChI is InChI=1S/C24H48/c1-6-7-8-9-10-14-17-20-23(4)24(5)21-18-15-12-11-13-16-19-22(2)3/h23-24H,2,6-21H2,1,3-5H3. The van der Waals surface area contributed by atoms with Crippen molar-refractivity contribution in [2.45, 2.75) is 130 Å². The van der Waals surface area contributed by atoms with Crippen molar-refractivity contribution >= 4 is 0 Å². The Bertz CT molecular complexity index is 265. The van der Waals surface area contributed by atoms with E-state index in [0.717, 1.165) is 11.8 Å². The molecule has 0 bridgehead atoms. The zero-order chi connectivity index (χ0) is 18.0. The van der Waals surface area contributed by atoms with Crippen LogP contribution in [0.3, 0.4) is 0 Å². The van der Waals surface area contributed by atoms with E-state index in [1.807, 2.05) is 0 Å². The number of hydrogen-bond donors (Lipinski definition) is 0. The van der Waals surface area contributed by atoms with E-state index in [-0.39, 0.29) is 0 Å². The van der Waals surface area contributed by atoms with Crippen LogP contribution in [-0.4, -0.2) is 0 Å². The summed E-state index contributed by atoms with van der Waals surface area (Å²) in [6.45, 7) is 13.4. The van der Waals surface area contributed by atoms with Crippen LogP contribution in [0.1, 0.15) is 130 Å². The predicted molar refractivity (Wildman–Crippen MR) is 113 cm³/mol. The van der Waals surface area contributed by atoms with Crippen LogP contribution in [-0.2, 0) is 0 Å². The molecular weight excluding hydrogens is 288 g/mol. The molecule has 0 aliphatic rings. The molecule has 0 aromatic carbocycles. The lowest BCUT2D eigenvalue weighted by Crippen LogP contribution is -2.08. The number of unbranched alkanes of at least 4 members (excludes halogenated alkanes) is 11. The van der Waals surface area contributed by atoms with Gasteiger partial charge in [-0.3, -0.25) is 0 Å². The summed E-state index contributed by atoms with van der Waals surface area (Å²) < 4.78 is 0. The monoisotopic (exact) mass is 336 g/mol. The van der Waals surface area contributed by atoms with Gasteiger partial charge in [0, 0.05) is 0 Å². The average Bonchev–Trinajstić information content (AvgIpc) is 2.55. The maximum atomic E-state index is 3.98. The van der Waals surface area contributed by atoms with Crippen LogP contribution in [0.5, 0.6) is 0 Å². The lowest BCUT2D eigenvalue weighted by atomic mass is 9.86. The smallest absolute Gasteiger partial charge is 0.0326 e. The first-order valence-corrected chi connectivity index (χ1v) is 11.2. The van der Waals surface area contributed by atoms with E-state index in [1.54, 1.807) is 0 Å². The minimum absolute atomic E-state index is 0.925. The minimum atomic E-state index is 0.925. The van der Waals surface area contributed by atoms with E-state index in [2.05, 4.69) is 34.3 Å². The molecule has 0 aromatic heterocycles. The van der Waals surface area contributed by atoms with Crippen LogP contribution in [0, 0.1) is 11.8 Å². The Labute approximate surface area is 154 Å². The Balaban J connectivity index is 3.36. The third kappa shape index (κ3) is 16.6. The van der Waals surface area contributed by atoms with Crippen molar-refractivity contribution in [2.24, 2.45) is 11.8 Å². The lowest BCUT2D eigenvalue weighted by molar-refractivity contribution is 0.322. The maximum Gasteiger partial charge on any atom is -0.0326 e. The molecule has 0 N–H and O–H groups in total. The third-order valence-corrected chi connectivity index (χ3v) is 5.75. The van der Waals surface area contributed by atoms with Crippen LogP contribution in [0.25, 0.3) is 0 Å². The summed E-state index contributed by atoms with van der Waals surface area (Å²) >= 11 is 0. The Morgan fingerprint density at radius 2 is 1.00 bits per heavy atom. The van der Waals surface area contributed by atoms with Crippen LogP contribution < -0.4 is 0 Å². The van der Waals surface area contributed by atoms with Gasteiger partial charge < -0.3 is 0 Å². The molecule has 2 atom stereocenters. The van der Waals surface area contributed by atoms with Crippen molar-refractivity contribution in [1.29, 1.82) is 0 Å². The molecule has 0 heterocycles. The molecule has 0 nitrogen and oxygen atoms in total. The molecule has 0 heteroatoms. The Morgan fingerprint density at radius 3 is 1.42 bits per heavy atom. The Morgan fingerprint density at radius 1 is 0.625 bits per heavy atom. The molecule has 0 fully saturated rings. The quantitative estimate of drug-likeness (QED) is 0.173. The van der Waals surface area contributed by atoms with E-state index in [1.165, 1.54) is 108 Å². The van der Waals surface area contributed by atoms with E-state index < -0.39 is 0 Å². The van der Waals surface area contributed by atoms with E-state index >= 15 is 0 Å². The largest absolute Gasteiger partial charge is 0.100 e. The van der Waals surface area contributed by atoms with Gasteiger partial charge in [-0.1, -0.05) is 116 Å². The highest BCUT2D eigenvalue weighted by Crippen LogP contribution is 2.24. The zero-order valence-corrected chi connectivity index (χ0v) is 17.7. The third-order valence-electron chi connectivity index (χ3n) is 5.75. The summed E-state index contributed by atoms with van der Waals surface area (Å²) in [5.41, 5.74) is 1.35. The molecule has 0 radical (unpaired) electrons. The molecule has 0 saturated heterocycles. The first-order chi connectivity index (χ1) is 11.6. The van der Waals surface area contributed by atoms with Crippen molar-refractivity contribution in [3.05, 3.63) is 12.2 Å². The zero-order valence-electron chi connectivity index (χ0n) is 17.7. The molecule has 24 heavy (non-hydrogen) atoms. The normalized spacial score (nSPS) is 13.8. The molecule has 2 unspecified atom stereocenters. The van der Waals surface area contributed by atoms with Crippen LogP contribution in [0.2, 0.25) is 0 Å². The number of hydrogen-bond acceptors (Lipinski definition) is 0. The van der Waals surface area contributed by atoms with Crippen molar-refractivity contribution in [3.8, 4) is 0 Å². The second kappa shape index (κ2) is 17.6. The molecule has 0 spiro atoms. The molecule has 0 amide bonds. The van der Waals surface area contributed by atoms with Gasteiger partial charge in [0.1, 0.15) is 0 Å².